The monoisotopic (exact) mass is 299 g/mol. The molecule has 1 rings (SSSR count). The summed E-state index contributed by atoms with van der Waals surface area (Å²) < 4.78 is 1.10. The number of halogens is 1. The van der Waals surface area contributed by atoms with Gasteiger partial charge in [-0.15, -0.1) is 0 Å². The fraction of sp³-hybridized carbons (Fsp3) is 0.462. The molecule has 94 valence electrons. The van der Waals surface area contributed by atoms with Gasteiger partial charge in [0.15, 0.2) is 0 Å². The Morgan fingerprint density at radius 3 is 2.88 bits per heavy atom. The molecular formula is C13H18BrNO2. The third-order valence-electron chi connectivity index (χ3n) is 2.63. The molecule has 1 aromatic carbocycles. The lowest BCUT2D eigenvalue weighted by Gasteiger charge is -2.07. The van der Waals surface area contributed by atoms with E-state index in [9.17, 15) is 4.79 Å². The maximum atomic E-state index is 10.3. The maximum Gasteiger partial charge on any atom is 0.303 e. The average molecular weight is 300 g/mol. The molecule has 0 fully saturated rings. The molecule has 0 unspecified atom stereocenters. The van der Waals surface area contributed by atoms with Gasteiger partial charge in [0.05, 0.1) is 0 Å². The lowest BCUT2D eigenvalue weighted by molar-refractivity contribution is -0.137. The van der Waals surface area contributed by atoms with E-state index >= 15 is 0 Å². The van der Waals surface area contributed by atoms with Crippen LogP contribution in [0.3, 0.4) is 0 Å². The number of nitrogens with one attached hydrogen (secondary N) is 1. The zero-order valence-electron chi connectivity index (χ0n) is 10.0. The van der Waals surface area contributed by atoms with Crippen molar-refractivity contribution in [1.82, 2.24) is 5.32 Å². The predicted molar refractivity (Wildman–Crippen MR) is 72.3 cm³/mol. The Bertz CT molecular complexity index is 380. The summed E-state index contributed by atoms with van der Waals surface area (Å²) in [6.45, 7) is 3.75. The summed E-state index contributed by atoms with van der Waals surface area (Å²) in [6.07, 6.45) is 1.90. The topological polar surface area (TPSA) is 49.3 Å². The van der Waals surface area contributed by atoms with Crippen LogP contribution in [-0.2, 0) is 11.2 Å². The Balaban J connectivity index is 2.22. The Kier molecular flexibility index (Phi) is 6.22. The first-order valence-corrected chi connectivity index (χ1v) is 6.56. The van der Waals surface area contributed by atoms with Crippen molar-refractivity contribution in [2.45, 2.75) is 26.2 Å². The van der Waals surface area contributed by atoms with Gasteiger partial charge < -0.3 is 10.4 Å². The molecule has 0 atom stereocenters. The van der Waals surface area contributed by atoms with Gasteiger partial charge in [0.2, 0.25) is 0 Å². The Morgan fingerprint density at radius 1 is 1.41 bits per heavy atom. The zero-order chi connectivity index (χ0) is 12.7. The normalized spacial score (nSPS) is 10.5. The zero-order valence-corrected chi connectivity index (χ0v) is 11.6. The lowest BCUT2D eigenvalue weighted by Crippen LogP contribution is -2.19. The van der Waals surface area contributed by atoms with E-state index in [0.717, 1.165) is 24.0 Å². The van der Waals surface area contributed by atoms with Crippen LogP contribution in [0.25, 0.3) is 0 Å². The van der Waals surface area contributed by atoms with E-state index in [0.29, 0.717) is 6.42 Å². The van der Waals surface area contributed by atoms with E-state index in [1.807, 2.05) is 6.07 Å². The third kappa shape index (κ3) is 5.84. The molecule has 4 heteroatoms. The highest BCUT2D eigenvalue weighted by molar-refractivity contribution is 9.10. The van der Waals surface area contributed by atoms with Crippen LogP contribution in [0.1, 0.15) is 24.0 Å². The predicted octanol–water partition coefficient (Wildman–Crippen LogP) is 2.75. The van der Waals surface area contributed by atoms with Crippen molar-refractivity contribution in [2.75, 3.05) is 13.1 Å². The Labute approximate surface area is 110 Å². The second-order valence-corrected chi connectivity index (χ2v) is 4.98. The van der Waals surface area contributed by atoms with E-state index in [-0.39, 0.29) is 6.42 Å². The molecule has 0 spiro atoms. The highest BCUT2D eigenvalue weighted by Crippen LogP contribution is 2.16. The fourth-order valence-electron chi connectivity index (χ4n) is 1.62. The van der Waals surface area contributed by atoms with Gasteiger partial charge >= 0.3 is 5.97 Å². The third-order valence-corrected chi connectivity index (χ3v) is 3.12. The van der Waals surface area contributed by atoms with Gasteiger partial charge in [0.25, 0.3) is 0 Å². The second-order valence-electron chi connectivity index (χ2n) is 4.07. The standard InChI is InChI=1S/C13H18BrNO2/c1-10-4-5-12(14)9-11(10)6-8-15-7-2-3-13(16)17/h4-5,9,15H,2-3,6-8H2,1H3,(H,16,17). The number of benzene rings is 1. The molecule has 1 aromatic rings. The summed E-state index contributed by atoms with van der Waals surface area (Å²) >= 11 is 3.46. The first-order chi connectivity index (χ1) is 8.09. The fourth-order valence-corrected chi connectivity index (χ4v) is 2.03. The SMILES string of the molecule is Cc1ccc(Br)cc1CCNCCCC(=O)O. The first-order valence-electron chi connectivity index (χ1n) is 5.77. The number of aliphatic carboxylic acids is 1. The molecule has 17 heavy (non-hydrogen) atoms. The van der Waals surface area contributed by atoms with Crippen LogP contribution in [0.5, 0.6) is 0 Å². The number of carboxylic acid groups (broad SMARTS) is 1. The minimum atomic E-state index is -0.727. The van der Waals surface area contributed by atoms with E-state index < -0.39 is 5.97 Å². The van der Waals surface area contributed by atoms with Gasteiger partial charge in [-0.3, -0.25) is 4.79 Å². The smallest absolute Gasteiger partial charge is 0.303 e. The molecule has 0 aromatic heterocycles. The lowest BCUT2D eigenvalue weighted by atomic mass is 10.1. The number of aryl methyl sites for hydroxylation is 1. The Hall–Kier alpha value is -0.870. The van der Waals surface area contributed by atoms with Crippen LogP contribution in [0.15, 0.2) is 22.7 Å². The van der Waals surface area contributed by atoms with Gasteiger partial charge in [0.1, 0.15) is 0 Å². The van der Waals surface area contributed by atoms with E-state index in [1.165, 1.54) is 11.1 Å². The summed E-state index contributed by atoms with van der Waals surface area (Å²) in [5.74, 6) is -0.727. The highest BCUT2D eigenvalue weighted by Gasteiger charge is 2.00. The van der Waals surface area contributed by atoms with Crippen LogP contribution >= 0.6 is 15.9 Å². The number of hydrogen-bond donors (Lipinski definition) is 2. The van der Waals surface area contributed by atoms with Gasteiger partial charge in [-0.25, -0.2) is 0 Å². The molecule has 2 N–H and O–H groups in total. The van der Waals surface area contributed by atoms with Gasteiger partial charge in [-0.05, 0) is 56.1 Å². The minimum Gasteiger partial charge on any atom is -0.481 e. The Morgan fingerprint density at radius 2 is 2.18 bits per heavy atom. The summed E-state index contributed by atoms with van der Waals surface area (Å²) in [4.78, 5) is 10.3. The van der Waals surface area contributed by atoms with Gasteiger partial charge in [-0.1, -0.05) is 22.0 Å². The highest BCUT2D eigenvalue weighted by atomic mass is 79.9. The largest absolute Gasteiger partial charge is 0.481 e. The first kappa shape index (κ1) is 14.2. The molecule has 0 aliphatic carbocycles. The van der Waals surface area contributed by atoms with Crippen molar-refractivity contribution in [2.24, 2.45) is 0 Å². The quantitative estimate of drug-likeness (QED) is 0.761. The van der Waals surface area contributed by atoms with Crippen molar-refractivity contribution >= 4 is 21.9 Å². The number of carbonyl (C=O) groups is 1. The number of carboxylic acids is 1. The van der Waals surface area contributed by atoms with E-state index in [2.05, 4.69) is 40.3 Å². The molecule has 0 heterocycles. The van der Waals surface area contributed by atoms with Crippen LogP contribution in [0, 0.1) is 6.92 Å². The minimum absolute atomic E-state index is 0.239. The van der Waals surface area contributed by atoms with E-state index in [4.69, 9.17) is 5.11 Å². The summed E-state index contributed by atoms with van der Waals surface area (Å²) in [6, 6.07) is 6.28. The van der Waals surface area contributed by atoms with Crippen LogP contribution in [-0.4, -0.2) is 24.2 Å². The van der Waals surface area contributed by atoms with Crippen molar-refractivity contribution in [3.05, 3.63) is 33.8 Å². The molecule has 0 aliphatic rings. The molecule has 0 aliphatic heterocycles. The number of rotatable bonds is 7. The molecule has 0 saturated heterocycles. The molecule has 0 saturated carbocycles. The van der Waals surface area contributed by atoms with Gasteiger partial charge in [-0.2, -0.15) is 0 Å². The van der Waals surface area contributed by atoms with Crippen LogP contribution in [0.4, 0.5) is 0 Å². The number of hydrogen-bond acceptors (Lipinski definition) is 2. The summed E-state index contributed by atoms with van der Waals surface area (Å²) in [7, 11) is 0. The van der Waals surface area contributed by atoms with Crippen molar-refractivity contribution in [1.29, 1.82) is 0 Å². The van der Waals surface area contributed by atoms with Crippen LogP contribution < -0.4 is 5.32 Å². The summed E-state index contributed by atoms with van der Waals surface area (Å²) in [5, 5.41) is 11.7. The molecular weight excluding hydrogens is 282 g/mol. The van der Waals surface area contributed by atoms with Gasteiger partial charge in [0, 0.05) is 10.9 Å². The maximum absolute atomic E-state index is 10.3. The van der Waals surface area contributed by atoms with Crippen molar-refractivity contribution in [3.8, 4) is 0 Å². The molecule has 3 nitrogen and oxygen atoms in total. The van der Waals surface area contributed by atoms with Crippen LogP contribution in [0.2, 0.25) is 0 Å². The van der Waals surface area contributed by atoms with Crippen molar-refractivity contribution < 1.29 is 9.90 Å². The average Bonchev–Trinajstić information content (AvgIpc) is 2.27. The second kappa shape index (κ2) is 7.45. The molecule has 0 amide bonds. The molecule has 0 radical (unpaired) electrons. The van der Waals surface area contributed by atoms with Crippen molar-refractivity contribution in [3.63, 3.8) is 0 Å². The molecule has 0 bridgehead atoms. The summed E-state index contributed by atoms with van der Waals surface area (Å²) in [5.41, 5.74) is 2.62. The van der Waals surface area contributed by atoms with E-state index in [1.54, 1.807) is 0 Å².